The van der Waals surface area contributed by atoms with Gasteiger partial charge in [-0.1, -0.05) is 48.0 Å². The number of carbonyl (C=O) groups is 2. The van der Waals surface area contributed by atoms with Crippen molar-refractivity contribution in [2.45, 2.75) is 26.3 Å². The van der Waals surface area contributed by atoms with Crippen molar-refractivity contribution in [1.82, 2.24) is 10.2 Å². The summed E-state index contributed by atoms with van der Waals surface area (Å²) in [6.45, 7) is 3.65. The third kappa shape index (κ3) is 4.64. The number of halogens is 1. The third-order valence-corrected chi connectivity index (χ3v) is 5.14. The lowest BCUT2D eigenvalue weighted by Gasteiger charge is -2.17. The molecular weight excluding hydrogens is 348 g/mol. The number of likely N-dealkylation sites (tertiary alicyclic amines) is 1. The van der Waals surface area contributed by atoms with Crippen LogP contribution in [0.5, 0.6) is 0 Å². The molecule has 1 aliphatic rings. The minimum atomic E-state index is -0.267. The Hall–Kier alpha value is -2.33. The summed E-state index contributed by atoms with van der Waals surface area (Å²) in [6.07, 6.45) is 1.06. The molecule has 2 aromatic rings. The van der Waals surface area contributed by atoms with Gasteiger partial charge < -0.3 is 10.2 Å². The molecular formula is C21H23ClN2O2. The van der Waals surface area contributed by atoms with Gasteiger partial charge in [-0.15, -0.1) is 0 Å². The van der Waals surface area contributed by atoms with Gasteiger partial charge in [-0.25, -0.2) is 0 Å². The van der Waals surface area contributed by atoms with Crippen LogP contribution in [0.4, 0.5) is 0 Å². The fraction of sp³-hybridized carbons (Fsp3) is 0.333. The fourth-order valence-corrected chi connectivity index (χ4v) is 3.34. The third-order valence-electron chi connectivity index (χ3n) is 4.88. The van der Waals surface area contributed by atoms with E-state index in [1.807, 2.05) is 55.5 Å². The van der Waals surface area contributed by atoms with Crippen LogP contribution in [0.2, 0.25) is 5.02 Å². The van der Waals surface area contributed by atoms with E-state index in [4.69, 9.17) is 11.6 Å². The lowest BCUT2D eigenvalue weighted by atomic mass is 10.1. The van der Waals surface area contributed by atoms with Gasteiger partial charge in [0.2, 0.25) is 11.8 Å². The lowest BCUT2D eigenvalue weighted by molar-refractivity contribution is -0.129. The number of nitrogens with zero attached hydrogens (tertiary/aromatic N) is 1. The Balaban J connectivity index is 1.49. The summed E-state index contributed by atoms with van der Waals surface area (Å²) >= 11 is 5.89. The highest BCUT2D eigenvalue weighted by Gasteiger charge is 2.33. The van der Waals surface area contributed by atoms with Crippen molar-refractivity contribution in [3.8, 4) is 0 Å². The summed E-state index contributed by atoms with van der Waals surface area (Å²) in [5, 5.41) is 3.68. The maximum Gasteiger partial charge on any atom is 0.225 e. The van der Waals surface area contributed by atoms with Crippen molar-refractivity contribution in [3.05, 3.63) is 70.2 Å². The Bertz CT molecular complexity index is 789. The van der Waals surface area contributed by atoms with Crippen LogP contribution in [0.1, 0.15) is 23.1 Å². The summed E-state index contributed by atoms with van der Waals surface area (Å²) < 4.78 is 0. The number of nitrogens with one attached hydrogen (secondary N) is 1. The van der Waals surface area contributed by atoms with Gasteiger partial charge in [0, 0.05) is 31.1 Å². The standard InChI is InChI=1S/C21H23ClN2O2/c1-15-4-2-3-5-17(15)13-23-21(26)18-12-20(25)24(14-18)11-10-16-6-8-19(22)9-7-16/h2-9,18H,10-14H2,1H3,(H,23,26). The first-order valence-electron chi connectivity index (χ1n) is 8.87. The molecule has 1 fully saturated rings. The van der Waals surface area contributed by atoms with Crippen molar-refractivity contribution in [3.63, 3.8) is 0 Å². The van der Waals surface area contributed by atoms with Crippen LogP contribution in [0.3, 0.4) is 0 Å². The van der Waals surface area contributed by atoms with Crippen LogP contribution < -0.4 is 5.32 Å². The van der Waals surface area contributed by atoms with Gasteiger partial charge in [0.25, 0.3) is 0 Å². The topological polar surface area (TPSA) is 49.4 Å². The minimum Gasteiger partial charge on any atom is -0.352 e. The first-order valence-corrected chi connectivity index (χ1v) is 9.25. The fourth-order valence-electron chi connectivity index (χ4n) is 3.21. The van der Waals surface area contributed by atoms with Crippen LogP contribution in [0.15, 0.2) is 48.5 Å². The smallest absolute Gasteiger partial charge is 0.225 e. The highest BCUT2D eigenvalue weighted by Crippen LogP contribution is 2.19. The molecule has 0 saturated carbocycles. The molecule has 2 aromatic carbocycles. The molecule has 0 spiro atoms. The molecule has 0 radical (unpaired) electrons. The Morgan fingerprint density at radius 1 is 1.19 bits per heavy atom. The summed E-state index contributed by atoms with van der Waals surface area (Å²) in [6, 6.07) is 15.6. The Labute approximate surface area is 159 Å². The van der Waals surface area contributed by atoms with E-state index in [-0.39, 0.29) is 17.7 Å². The van der Waals surface area contributed by atoms with Crippen LogP contribution >= 0.6 is 11.6 Å². The van der Waals surface area contributed by atoms with Gasteiger partial charge in [-0.2, -0.15) is 0 Å². The number of hydrogen-bond donors (Lipinski definition) is 1. The molecule has 1 heterocycles. The van der Waals surface area contributed by atoms with E-state index in [2.05, 4.69) is 5.32 Å². The van der Waals surface area contributed by atoms with Crippen LogP contribution in [-0.4, -0.2) is 29.8 Å². The normalized spacial score (nSPS) is 16.8. The highest BCUT2D eigenvalue weighted by molar-refractivity contribution is 6.30. The van der Waals surface area contributed by atoms with Crippen molar-refractivity contribution in [2.75, 3.05) is 13.1 Å². The summed E-state index contributed by atoms with van der Waals surface area (Å²) in [7, 11) is 0. The maximum absolute atomic E-state index is 12.4. The molecule has 0 aromatic heterocycles. The molecule has 2 amide bonds. The molecule has 1 saturated heterocycles. The molecule has 3 rings (SSSR count). The van der Waals surface area contributed by atoms with E-state index in [0.717, 1.165) is 23.1 Å². The molecule has 1 aliphatic heterocycles. The second-order valence-electron chi connectivity index (χ2n) is 6.76. The van der Waals surface area contributed by atoms with Crippen molar-refractivity contribution in [1.29, 1.82) is 0 Å². The van der Waals surface area contributed by atoms with Crippen molar-refractivity contribution in [2.24, 2.45) is 5.92 Å². The molecule has 0 bridgehead atoms. The van der Waals surface area contributed by atoms with E-state index >= 15 is 0 Å². The molecule has 1 N–H and O–H groups in total. The average molecular weight is 371 g/mol. The second-order valence-corrected chi connectivity index (χ2v) is 7.20. The summed E-state index contributed by atoms with van der Waals surface area (Å²) in [5.74, 6) is -0.262. The summed E-state index contributed by atoms with van der Waals surface area (Å²) in [4.78, 5) is 26.4. The predicted octanol–water partition coefficient (Wildman–Crippen LogP) is 3.36. The van der Waals surface area contributed by atoms with Gasteiger partial charge in [0.1, 0.15) is 0 Å². The Kier molecular flexibility index (Phi) is 5.94. The van der Waals surface area contributed by atoms with E-state index in [0.29, 0.717) is 31.1 Å². The van der Waals surface area contributed by atoms with Gasteiger partial charge in [0.15, 0.2) is 0 Å². The molecule has 1 atom stereocenters. The number of aryl methyl sites for hydroxylation is 1. The zero-order valence-corrected chi connectivity index (χ0v) is 15.6. The maximum atomic E-state index is 12.4. The quantitative estimate of drug-likeness (QED) is 0.847. The first-order chi connectivity index (χ1) is 12.5. The number of rotatable bonds is 6. The number of carbonyl (C=O) groups excluding carboxylic acids is 2. The molecule has 26 heavy (non-hydrogen) atoms. The molecule has 1 unspecified atom stereocenters. The number of benzene rings is 2. The van der Waals surface area contributed by atoms with Gasteiger partial charge in [-0.3, -0.25) is 9.59 Å². The predicted molar refractivity (Wildman–Crippen MR) is 103 cm³/mol. The monoisotopic (exact) mass is 370 g/mol. The van der Waals surface area contributed by atoms with Crippen molar-refractivity contribution < 1.29 is 9.59 Å². The minimum absolute atomic E-state index is 0.0457. The largest absolute Gasteiger partial charge is 0.352 e. The molecule has 4 nitrogen and oxygen atoms in total. The van der Waals surface area contributed by atoms with Crippen LogP contribution in [0, 0.1) is 12.8 Å². The molecule has 0 aliphatic carbocycles. The lowest BCUT2D eigenvalue weighted by Crippen LogP contribution is -2.33. The van der Waals surface area contributed by atoms with E-state index < -0.39 is 0 Å². The zero-order chi connectivity index (χ0) is 18.5. The average Bonchev–Trinajstić information content (AvgIpc) is 3.01. The first kappa shape index (κ1) is 18.5. The van der Waals surface area contributed by atoms with E-state index in [1.165, 1.54) is 0 Å². The second kappa shape index (κ2) is 8.37. The van der Waals surface area contributed by atoms with Gasteiger partial charge in [0.05, 0.1) is 5.92 Å². The van der Waals surface area contributed by atoms with Crippen molar-refractivity contribution >= 4 is 23.4 Å². The Morgan fingerprint density at radius 2 is 1.92 bits per heavy atom. The van der Waals surface area contributed by atoms with Gasteiger partial charge in [-0.05, 0) is 42.2 Å². The van der Waals surface area contributed by atoms with E-state index in [9.17, 15) is 9.59 Å². The van der Waals surface area contributed by atoms with Gasteiger partial charge >= 0.3 is 0 Å². The Morgan fingerprint density at radius 3 is 2.65 bits per heavy atom. The zero-order valence-electron chi connectivity index (χ0n) is 14.9. The molecule has 136 valence electrons. The molecule has 5 heteroatoms. The van der Waals surface area contributed by atoms with Crippen LogP contribution in [-0.2, 0) is 22.6 Å². The summed E-state index contributed by atoms with van der Waals surface area (Å²) in [5.41, 5.74) is 3.39. The van der Waals surface area contributed by atoms with E-state index in [1.54, 1.807) is 4.90 Å². The number of amides is 2. The highest BCUT2D eigenvalue weighted by atomic mass is 35.5. The SMILES string of the molecule is Cc1ccccc1CNC(=O)C1CC(=O)N(CCc2ccc(Cl)cc2)C1. The van der Waals surface area contributed by atoms with Crippen LogP contribution in [0.25, 0.3) is 0 Å². The number of hydrogen-bond acceptors (Lipinski definition) is 2.